The molecule has 0 saturated carbocycles. The second-order valence-corrected chi connectivity index (χ2v) is 6.43. The fraction of sp³-hybridized carbons (Fsp3) is 0.529. The molecule has 0 aliphatic rings. The van der Waals surface area contributed by atoms with Crippen molar-refractivity contribution in [1.82, 2.24) is 5.32 Å². The molecule has 1 rings (SSSR count). The minimum Gasteiger partial charge on any atom is -0.491 e. The van der Waals surface area contributed by atoms with Crippen LogP contribution >= 0.6 is 0 Å². The first-order valence-electron chi connectivity index (χ1n) is 7.35. The Kier molecular flexibility index (Phi) is 5.97. The molecule has 1 N–H and O–H groups in total. The van der Waals surface area contributed by atoms with Gasteiger partial charge in [0.05, 0.1) is 6.10 Å². The van der Waals surface area contributed by atoms with Crippen LogP contribution in [0.2, 0.25) is 0 Å². The van der Waals surface area contributed by atoms with Gasteiger partial charge in [-0.1, -0.05) is 12.1 Å². The number of hydrogen-bond donors (Lipinski definition) is 1. The third-order valence-electron chi connectivity index (χ3n) is 2.65. The number of Topliss-reactive ketones (excluding diaryl/α,β-unsaturated/α-hetero) is 1. The van der Waals surface area contributed by atoms with Crippen LogP contribution in [0.15, 0.2) is 24.3 Å². The van der Waals surface area contributed by atoms with E-state index in [4.69, 9.17) is 9.47 Å². The summed E-state index contributed by atoms with van der Waals surface area (Å²) in [6.07, 6.45) is -0.537. The maximum atomic E-state index is 11.8. The Bertz CT molecular complexity index is 514. The Morgan fingerprint density at radius 1 is 1.09 bits per heavy atom. The van der Waals surface area contributed by atoms with E-state index in [2.05, 4.69) is 5.32 Å². The highest BCUT2D eigenvalue weighted by Crippen LogP contribution is 2.20. The van der Waals surface area contributed by atoms with Gasteiger partial charge >= 0.3 is 6.09 Å². The van der Waals surface area contributed by atoms with Crippen LogP contribution in [0.25, 0.3) is 0 Å². The van der Waals surface area contributed by atoms with Gasteiger partial charge in [-0.15, -0.1) is 0 Å². The van der Waals surface area contributed by atoms with Crippen molar-refractivity contribution in [2.24, 2.45) is 0 Å². The normalized spacial score (nSPS) is 12.7. The van der Waals surface area contributed by atoms with E-state index in [0.717, 1.165) is 5.75 Å². The molecule has 1 amide bonds. The summed E-state index contributed by atoms with van der Waals surface area (Å²) in [6.45, 7) is 10.6. The van der Waals surface area contributed by atoms with Gasteiger partial charge < -0.3 is 14.8 Å². The summed E-state index contributed by atoms with van der Waals surface area (Å²) < 4.78 is 10.7. The highest BCUT2D eigenvalue weighted by molar-refractivity contribution is 5.86. The van der Waals surface area contributed by atoms with Crippen molar-refractivity contribution in [2.45, 2.75) is 59.3 Å². The SMILES string of the molecule is CC(=O)C(NC(=O)OC(C)(C)C)c1ccc(OC(C)C)cc1. The Morgan fingerprint density at radius 2 is 1.64 bits per heavy atom. The summed E-state index contributed by atoms with van der Waals surface area (Å²) in [5.74, 6) is 0.557. The number of hydrogen-bond acceptors (Lipinski definition) is 4. The summed E-state index contributed by atoms with van der Waals surface area (Å²) in [4.78, 5) is 23.7. The average Bonchev–Trinajstić information content (AvgIpc) is 2.34. The lowest BCUT2D eigenvalue weighted by atomic mass is 10.0. The summed E-state index contributed by atoms with van der Waals surface area (Å²) in [7, 11) is 0. The lowest BCUT2D eigenvalue weighted by Crippen LogP contribution is -2.37. The van der Waals surface area contributed by atoms with Crippen molar-refractivity contribution in [1.29, 1.82) is 0 Å². The molecule has 22 heavy (non-hydrogen) atoms. The number of amides is 1. The van der Waals surface area contributed by atoms with Gasteiger partial charge in [-0.25, -0.2) is 4.79 Å². The van der Waals surface area contributed by atoms with Crippen molar-refractivity contribution in [3.8, 4) is 5.75 Å². The molecule has 1 atom stereocenters. The van der Waals surface area contributed by atoms with Gasteiger partial charge in [0.15, 0.2) is 5.78 Å². The zero-order valence-electron chi connectivity index (χ0n) is 14.1. The van der Waals surface area contributed by atoms with Crippen LogP contribution in [0, 0.1) is 0 Å². The maximum absolute atomic E-state index is 11.8. The number of ketones is 1. The molecule has 1 aromatic rings. The molecule has 0 spiro atoms. The fourth-order valence-corrected chi connectivity index (χ4v) is 1.86. The summed E-state index contributed by atoms with van der Waals surface area (Å²) in [5, 5.41) is 2.60. The summed E-state index contributed by atoms with van der Waals surface area (Å²) in [5.41, 5.74) is 0.0786. The van der Waals surface area contributed by atoms with Crippen molar-refractivity contribution < 1.29 is 19.1 Å². The zero-order valence-corrected chi connectivity index (χ0v) is 14.1. The predicted molar refractivity (Wildman–Crippen MR) is 85.0 cm³/mol. The minimum atomic E-state index is -0.733. The number of ether oxygens (including phenoxy) is 2. The number of alkyl carbamates (subject to hydrolysis) is 1. The molecular weight excluding hydrogens is 282 g/mol. The number of carbonyl (C=O) groups excluding carboxylic acids is 2. The maximum Gasteiger partial charge on any atom is 0.408 e. The van der Waals surface area contributed by atoms with Crippen LogP contribution in [0.1, 0.15) is 53.1 Å². The van der Waals surface area contributed by atoms with E-state index in [1.54, 1.807) is 45.0 Å². The van der Waals surface area contributed by atoms with Crippen LogP contribution < -0.4 is 10.1 Å². The average molecular weight is 307 g/mol. The molecule has 0 saturated heterocycles. The van der Waals surface area contributed by atoms with Crippen LogP contribution in [0.4, 0.5) is 4.79 Å². The first-order chi connectivity index (χ1) is 10.1. The predicted octanol–water partition coefficient (Wildman–Crippen LogP) is 3.63. The molecule has 122 valence electrons. The molecule has 5 nitrogen and oxygen atoms in total. The monoisotopic (exact) mass is 307 g/mol. The Hall–Kier alpha value is -2.04. The smallest absolute Gasteiger partial charge is 0.408 e. The third-order valence-corrected chi connectivity index (χ3v) is 2.65. The van der Waals surface area contributed by atoms with Crippen LogP contribution in [0.5, 0.6) is 5.75 Å². The van der Waals surface area contributed by atoms with E-state index in [0.29, 0.717) is 5.56 Å². The number of carbonyl (C=O) groups is 2. The minimum absolute atomic E-state index is 0.0781. The lowest BCUT2D eigenvalue weighted by Gasteiger charge is -2.23. The lowest BCUT2D eigenvalue weighted by molar-refractivity contribution is -0.119. The molecule has 0 heterocycles. The standard InChI is InChI=1S/C17H25NO4/c1-11(2)21-14-9-7-13(8-10-14)15(12(3)19)18-16(20)22-17(4,5)6/h7-11,15H,1-6H3,(H,18,20). The van der Waals surface area contributed by atoms with Crippen LogP contribution in [-0.4, -0.2) is 23.6 Å². The molecule has 5 heteroatoms. The molecule has 1 unspecified atom stereocenters. The first kappa shape index (κ1) is 18.0. The summed E-state index contributed by atoms with van der Waals surface area (Å²) >= 11 is 0. The van der Waals surface area contributed by atoms with E-state index in [1.807, 2.05) is 13.8 Å². The van der Waals surface area contributed by atoms with Gasteiger partial charge in [-0.05, 0) is 59.2 Å². The molecule has 0 fully saturated rings. The van der Waals surface area contributed by atoms with Gasteiger partial charge in [0.1, 0.15) is 17.4 Å². The number of rotatable bonds is 5. The van der Waals surface area contributed by atoms with Crippen molar-refractivity contribution in [2.75, 3.05) is 0 Å². The molecule has 0 aromatic heterocycles. The van der Waals surface area contributed by atoms with Gasteiger partial charge in [0.2, 0.25) is 0 Å². The van der Waals surface area contributed by atoms with Crippen molar-refractivity contribution in [3.05, 3.63) is 29.8 Å². The largest absolute Gasteiger partial charge is 0.491 e. The Labute approximate surface area is 132 Å². The highest BCUT2D eigenvalue weighted by Gasteiger charge is 2.23. The van der Waals surface area contributed by atoms with Crippen molar-refractivity contribution in [3.63, 3.8) is 0 Å². The van der Waals surface area contributed by atoms with Crippen LogP contribution in [0.3, 0.4) is 0 Å². The van der Waals surface area contributed by atoms with Gasteiger partial charge in [-0.2, -0.15) is 0 Å². The molecule has 0 bridgehead atoms. The van der Waals surface area contributed by atoms with E-state index < -0.39 is 17.7 Å². The second kappa shape index (κ2) is 7.29. The van der Waals surface area contributed by atoms with Gasteiger partial charge in [-0.3, -0.25) is 4.79 Å². The van der Waals surface area contributed by atoms with Crippen LogP contribution in [-0.2, 0) is 9.53 Å². The summed E-state index contributed by atoms with van der Waals surface area (Å²) in [6, 6.07) is 6.36. The Balaban J connectivity index is 2.83. The van der Waals surface area contributed by atoms with Gasteiger partial charge in [0, 0.05) is 0 Å². The molecule has 0 radical (unpaired) electrons. The van der Waals surface area contributed by atoms with Gasteiger partial charge in [0.25, 0.3) is 0 Å². The van der Waals surface area contributed by atoms with E-state index in [1.165, 1.54) is 6.92 Å². The molecule has 0 aliphatic carbocycles. The molecule has 1 aromatic carbocycles. The quantitative estimate of drug-likeness (QED) is 0.902. The van der Waals surface area contributed by atoms with Crippen molar-refractivity contribution >= 4 is 11.9 Å². The zero-order chi connectivity index (χ0) is 16.9. The third kappa shape index (κ3) is 6.16. The number of benzene rings is 1. The second-order valence-electron chi connectivity index (χ2n) is 6.43. The first-order valence-corrected chi connectivity index (χ1v) is 7.35. The van der Waals surface area contributed by atoms with E-state index >= 15 is 0 Å². The highest BCUT2D eigenvalue weighted by atomic mass is 16.6. The van der Waals surface area contributed by atoms with E-state index in [-0.39, 0.29) is 11.9 Å². The van der Waals surface area contributed by atoms with E-state index in [9.17, 15) is 9.59 Å². The topological polar surface area (TPSA) is 64.6 Å². The fourth-order valence-electron chi connectivity index (χ4n) is 1.86. The molecule has 0 aliphatic heterocycles. The Morgan fingerprint density at radius 3 is 2.05 bits per heavy atom. The number of nitrogens with one attached hydrogen (secondary N) is 1. The molecular formula is C17H25NO4.